The quantitative estimate of drug-likeness (QED) is 0.143. The van der Waals surface area contributed by atoms with Crippen molar-refractivity contribution in [3.8, 4) is 22.6 Å². The van der Waals surface area contributed by atoms with Gasteiger partial charge in [-0.2, -0.15) is 4.39 Å². The van der Waals surface area contributed by atoms with Crippen LogP contribution in [0.3, 0.4) is 0 Å². The molecule has 0 amide bonds. The minimum Gasteiger partial charge on any atom is -0.490 e. The number of carbonyl (C=O) groups excluding carboxylic acids is 1. The first-order valence-electron chi connectivity index (χ1n) is 12.5. The van der Waals surface area contributed by atoms with Gasteiger partial charge in [0.2, 0.25) is 5.82 Å². The second-order valence-electron chi connectivity index (χ2n) is 8.52. The van der Waals surface area contributed by atoms with Crippen LogP contribution in [0.2, 0.25) is 0 Å². The lowest BCUT2D eigenvalue weighted by atomic mass is 10.0. The third-order valence-electron chi connectivity index (χ3n) is 5.68. The van der Waals surface area contributed by atoms with Gasteiger partial charge in [0, 0.05) is 12.0 Å². The molecule has 0 saturated carbocycles. The zero-order valence-corrected chi connectivity index (χ0v) is 20.1. The van der Waals surface area contributed by atoms with E-state index in [1.807, 2.05) is 0 Å². The van der Waals surface area contributed by atoms with E-state index in [4.69, 9.17) is 9.47 Å². The largest absolute Gasteiger partial charge is 0.490 e. The van der Waals surface area contributed by atoms with Gasteiger partial charge in [-0.25, -0.2) is 4.39 Å². The summed E-state index contributed by atoms with van der Waals surface area (Å²) in [5.41, 5.74) is 0.654. The molecule has 0 unspecified atom stereocenters. The molecule has 2 aromatic rings. The van der Waals surface area contributed by atoms with Crippen molar-refractivity contribution in [1.82, 2.24) is 0 Å². The van der Waals surface area contributed by atoms with E-state index < -0.39 is 11.6 Å². The highest BCUT2D eigenvalue weighted by Crippen LogP contribution is 2.31. The minimum absolute atomic E-state index is 0.0608. The van der Waals surface area contributed by atoms with Crippen LogP contribution in [0.25, 0.3) is 11.1 Å². The summed E-state index contributed by atoms with van der Waals surface area (Å²) >= 11 is 0. The van der Waals surface area contributed by atoms with E-state index in [2.05, 4.69) is 13.8 Å². The summed E-state index contributed by atoms with van der Waals surface area (Å²) in [5, 5.41) is 0. The molecule has 0 aliphatic carbocycles. The Morgan fingerprint density at radius 2 is 1.33 bits per heavy atom. The molecule has 33 heavy (non-hydrogen) atoms. The summed E-state index contributed by atoms with van der Waals surface area (Å²) in [6, 6.07) is 9.44. The Morgan fingerprint density at radius 3 is 2.00 bits per heavy atom. The predicted molar refractivity (Wildman–Crippen MR) is 130 cm³/mol. The molecule has 182 valence electrons. The highest BCUT2D eigenvalue weighted by atomic mass is 19.2. The molecule has 0 atom stereocenters. The van der Waals surface area contributed by atoms with Crippen LogP contribution >= 0.6 is 0 Å². The van der Waals surface area contributed by atoms with Crippen LogP contribution in [0.4, 0.5) is 8.78 Å². The van der Waals surface area contributed by atoms with Crippen molar-refractivity contribution in [3.05, 3.63) is 48.0 Å². The molecule has 0 bridgehead atoms. The highest BCUT2D eigenvalue weighted by Gasteiger charge is 2.16. The van der Waals surface area contributed by atoms with Gasteiger partial charge in [0.15, 0.2) is 11.6 Å². The lowest BCUT2D eigenvalue weighted by Crippen LogP contribution is -2.07. The average Bonchev–Trinajstić information content (AvgIpc) is 2.82. The van der Waals surface area contributed by atoms with Crippen LogP contribution in [0.1, 0.15) is 90.9 Å². The fourth-order valence-electron chi connectivity index (χ4n) is 3.69. The molecule has 0 aliphatic heterocycles. The number of ether oxygens (including phenoxy) is 2. The summed E-state index contributed by atoms with van der Waals surface area (Å²) in [6.07, 6.45) is 12.3. The molecule has 0 spiro atoms. The van der Waals surface area contributed by atoms with Gasteiger partial charge >= 0.3 is 5.97 Å². The van der Waals surface area contributed by atoms with E-state index in [0.717, 1.165) is 44.9 Å². The summed E-state index contributed by atoms with van der Waals surface area (Å²) in [5.74, 6) is -1.85. The Kier molecular flexibility index (Phi) is 12.5. The average molecular weight is 461 g/mol. The molecular formula is C28H38F2O3. The zero-order valence-electron chi connectivity index (χ0n) is 20.1. The lowest BCUT2D eigenvalue weighted by Gasteiger charge is -2.11. The molecule has 0 aromatic heterocycles. The Bertz CT molecular complexity index is 834. The third-order valence-corrected chi connectivity index (χ3v) is 5.68. The summed E-state index contributed by atoms with van der Waals surface area (Å²) in [7, 11) is 0. The van der Waals surface area contributed by atoms with E-state index in [1.165, 1.54) is 37.8 Å². The maximum atomic E-state index is 14.7. The van der Waals surface area contributed by atoms with E-state index in [9.17, 15) is 13.6 Å². The maximum absolute atomic E-state index is 14.7. The first-order valence-corrected chi connectivity index (χ1v) is 12.5. The van der Waals surface area contributed by atoms with Gasteiger partial charge in [0.25, 0.3) is 0 Å². The van der Waals surface area contributed by atoms with Gasteiger partial charge in [-0.05, 0) is 42.7 Å². The summed E-state index contributed by atoms with van der Waals surface area (Å²) in [4.78, 5) is 12.0. The van der Waals surface area contributed by atoms with Crippen LogP contribution in [0, 0.1) is 11.6 Å². The van der Waals surface area contributed by atoms with Crippen molar-refractivity contribution in [2.24, 2.45) is 0 Å². The van der Waals surface area contributed by atoms with E-state index in [0.29, 0.717) is 24.3 Å². The third kappa shape index (κ3) is 9.53. The molecule has 0 fully saturated rings. The van der Waals surface area contributed by atoms with Crippen LogP contribution in [-0.2, 0) is 4.79 Å². The van der Waals surface area contributed by atoms with E-state index >= 15 is 0 Å². The van der Waals surface area contributed by atoms with Crippen LogP contribution in [0.5, 0.6) is 11.5 Å². The Morgan fingerprint density at radius 1 is 0.727 bits per heavy atom. The normalized spacial score (nSPS) is 10.9. The van der Waals surface area contributed by atoms with Gasteiger partial charge in [-0.3, -0.25) is 4.79 Å². The van der Waals surface area contributed by atoms with Gasteiger partial charge in [0.1, 0.15) is 5.75 Å². The standard InChI is InChI=1S/C28H38F2O3/c1-3-5-7-9-11-13-21-32-25-20-19-24(27(29)28(25)30)22-15-17-23(18-16-22)33-26(31)14-12-10-8-6-4-2/h15-20H,3-14,21H2,1-2H3. The van der Waals surface area contributed by atoms with E-state index in [-0.39, 0.29) is 17.3 Å². The molecule has 0 saturated heterocycles. The zero-order chi connectivity index (χ0) is 23.9. The number of esters is 1. The second-order valence-corrected chi connectivity index (χ2v) is 8.52. The Hall–Kier alpha value is -2.43. The molecule has 3 nitrogen and oxygen atoms in total. The number of benzene rings is 2. The second kappa shape index (κ2) is 15.4. The van der Waals surface area contributed by atoms with Crippen LogP contribution in [0.15, 0.2) is 36.4 Å². The number of rotatable bonds is 16. The van der Waals surface area contributed by atoms with Crippen LogP contribution in [-0.4, -0.2) is 12.6 Å². The monoisotopic (exact) mass is 460 g/mol. The first kappa shape index (κ1) is 26.8. The minimum atomic E-state index is -0.975. The molecule has 2 rings (SSSR count). The topological polar surface area (TPSA) is 35.5 Å². The highest BCUT2D eigenvalue weighted by molar-refractivity contribution is 5.73. The van der Waals surface area contributed by atoms with Crippen molar-refractivity contribution in [2.75, 3.05) is 6.61 Å². The van der Waals surface area contributed by atoms with Crippen LogP contribution < -0.4 is 9.47 Å². The number of hydrogen-bond acceptors (Lipinski definition) is 3. The smallest absolute Gasteiger partial charge is 0.311 e. The van der Waals surface area contributed by atoms with Gasteiger partial charge in [0.05, 0.1) is 6.61 Å². The maximum Gasteiger partial charge on any atom is 0.311 e. The fourth-order valence-corrected chi connectivity index (χ4v) is 3.69. The van der Waals surface area contributed by atoms with Gasteiger partial charge in [-0.15, -0.1) is 0 Å². The Labute approximate surface area is 197 Å². The van der Waals surface area contributed by atoms with Gasteiger partial charge in [-0.1, -0.05) is 83.8 Å². The van der Waals surface area contributed by atoms with Crippen molar-refractivity contribution < 1.29 is 23.0 Å². The van der Waals surface area contributed by atoms with Crippen molar-refractivity contribution in [2.45, 2.75) is 90.9 Å². The Balaban J connectivity index is 1.86. The summed E-state index contributed by atoms with van der Waals surface area (Å²) in [6.45, 7) is 4.70. The molecule has 5 heteroatoms. The molecule has 0 radical (unpaired) electrons. The SMILES string of the molecule is CCCCCCCCOc1ccc(-c2ccc(OC(=O)CCCCCCC)cc2)c(F)c1F. The number of hydrogen-bond donors (Lipinski definition) is 0. The number of carbonyl (C=O) groups is 1. The first-order chi connectivity index (χ1) is 16.1. The van der Waals surface area contributed by atoms with Gasteiger partial charge < -0.3 is 9.47 Å². The van der Waals surface area contributed by atoms with Crippen molar-refractivity contribution in [3.63, 3.8) is 0 Å². The molecule has 2 aromatic carbocycles. The number of halogens is 2. The molecular weight excluding hydrogens is 422 g/mol. The summed E-state index contributed by atoms with van der Waals surface area (Å²) < 4.78 is 40.0. The van der Waals surface area contributed by atoms with E-state index in [1.54, 1.807) is 24.3 Å². The fraction of sp³-hybridized carbons (Fsp3) is 0.536. The number of unbranched alkanes of at least 4 members (excludes halogenated alkanes) is 9. The molecule has 0 aliphatic rings. The predicted octanol–water partition coefficient (Wildman–Crippen LogP) is 8.64. The van der Waals surface area contributed by atoms with Crippen molar-refractivity contribution >= 4 is 5.97 Å². The lowest BCUT2D eigenvalue weighted by molar-refractivity contribution is -0.134. The molecule has 0 heterocycles. The molecule has 0 N–H and O–H groups in total. The van der Waals surface area contributed by atoms with Crippen molar-refractivity contribution in [1.29, 1.82) is 0 Å².